The number of anilines is 1. The second-order valence-electron chi connectivity index (χ2n) is 6.23. The van der Waals surface area contributed by atoms with Gasteiger partial charge in [0, 0.05) is 16.8 Å². The first-order valence-corrected chi connectivity index (χ1v) is 9.86. The Hall–Kier alpha value is -2.38. The molecule has 0 bridgehead atoms. The van der Waals surface area contributed by atoms with Gasteiger partial charge in [-0.15, -0.1) is 10.2 Å². The molecule has 8 heteroatoms. The maximum Gasteiger partial charge on any atom is 0.234 e. The second-order valence-corrected chi connectivity index (χ2v) is 7.61. The third kappa shape index (κ3) is 4.14. The molecule has 1 amide bonds. The molecule has 1 aliphatic carbocycles. The number of thioether (sulfide) groups is 1. The molecule has 1 N–H and O–H groups in total. The van der Waals surface area contributed by atoms with Crippen LogP contribution in [0, 0.1) is 5.82 Å². The highest BCUT2D eigenvalue weighted by Gasteiger charge is 2.31. The van der Waals surface area contributed by atoms with Crippen LogP contribution in [-0.4, -0.2) is 26.4 Å². The van der Waals surface area contributed by atoms with Crippen LogP contribution in [0.5, 0.6) is 0 Å². The van der Waals surface area contributed by atoms with Gasteiger partial charge in [-0.3, -0.25) is 9.36 Å². The van der Waals surface area contributed by atoms with E-state index in [0.717, 1.165) is 12.8 Å². The maximum atomic E-state index is 14.2. The monoisotopic (exact) mass is 402 g/mol. The zero-order valence-electron chi connectivity index (χ0n) is 14.2. The molecule has 0 atom stereocenters. The topological polar surface area (TPSA) is 59.8 Å². The van der Waals surface area contributed by atoms with E-state index in [-0.39, 0.29) is 23.5 Å². The predicted octanol–water partition coefficient (Wildman–Crippen LogP) is 4.80. The first kappa shape index (κ1) is 18.0. The highest BCUT2D eigenvalue weighted by Crippen LogP contribution is 2.41. The summed E-state index contributed by atoms with van der Waals surface area (Å²) in [5.74, 6) is 0.185. The van der Waals surface area contributed by atoms with Crippen molar-refractivity contribution in [3.05, 3.63) is 59.4 Å². The van der Waals surface area contributed by atoms with Crippen molar-refractivity contribution in [1.82, 2.24) is 14.8 Å². The highest BCUT2D eigenvalue weighted by atomic mass is 35.5. The Morgan fingerprint density at radius 1 is 1.22 bits per heavy atom. The number of amides is 1. The molecule has 1 saturated carbocycles. The van der Waals surface area contributed by atoms with E-state index in [0.29, 0.717) is 27.3 Å². The minimum absolute atomic E-state index is 0.167. The van der Waals surface area contributed by atoms with Gasteiger partial charge in [0.25, 0.3) is 0 Å². The number of nitrogens with one attached hydrogen (secondary N) is 1. The third-order valence-corrected chi connectivity index (χ3v) is 5.31. The Balaban J connectivity index is 1.50. The number of hydrogen-bond acceptors (Lipinski definition) is 4. The van der Waals surface area contributed by atoms with Gasteiger partial charge < -0.3 is 5.32 Å². The molecule has 1 aliphatic rings. The lowest BCUT2D eigenvalue weighted by molar-refractivity contribution is -0.113. The number of hydrogen-bond donors (Lipinski definition) is 1. The van der Waals surface area contributed by atoms with Gasteiger partial charge in [0.2, 0.25) is 5.91 Å². The van der Waals surface area contributed by atoms with E-state index in [9.17, 15) is 9.18 Å². The van der Waals surface area contributed by atoms with E-state index in [4.69, 9.17) is 11.6 Å². The zero-order chi connectivity index (χ0) is 18.8. The number of halogens is 2. The first-order valence-electron chi connectivity index (χ1n) is 8.50. The standard InChI is InChI=1S/C19H16ClFN4OS/c20-12-4-3-5-13(10-12)22-17(26)11-27-19-24-23-18(25(19)14-8-9-14)15-6-1-2-7-16(15)21/h1-7,10,14H,8-9,11H2,(H,22,26). The molecule has 2 aromatic carbocycles. The van der Waals surface area contributed by atoms with Crippen LogP contribution in [0.25, 0.3) is 11.4 Å². The van der Waals surface area contributed by atoms with E-state index in [2.05, 4.69) is 15.5 Å². The van der Waals surface area contributed by atoms with Crippen molar-refractivity contribution in [3.63, 3.8) is 0 Å². The molecular weight excluding hydrogens is 387 g/mol. The Kier molecular flexibility index (Phi) is 5.13. The predicted molar refractivity (Wildman–Crippen MR) is 104 cm³/mol. The molecule has 1 heterocycles. The van der Waals surface area contributed by atoms with Crippen LogP contribution in [0.2, 0.25) is 5.02 Å². The molecular formula is C19H16ClFN4OS. The molecule has 138 valence electrons. The Labute approximate surface area is 164 Å². The van der Waals surface area contributed by atoms with Crippen LogP contribution in [0.1, 0.15) is 18.9 Å². The number of nitrogens with zero attached hydrogens (tertiary/aromatic N) is 3. The van der Waals surface area contributed by atoms with Crippen LogP contribution in [0.4, 0.5) is 10.1 Å². The summed E-state index contributed by atoms with van der Waals surface area (Å²) >= 11 is 7.22. The fraction of sp³-hybridized carbons (Fsp3) is 0.211. The summed E-state index contributed by atoms with van der Waals surface area (Å²) in [5.41, 5.74) is 1.07. The van der Waals surface area contributed by atoms with Gasteiger partial charge in [-0.1, -0.05) is 41.6 Å². The van der Waals surface area contributed by atoms with Gasteiger partial charge in [-0.2, -0.15) is 0 Å². The van der Waals surface area contributed by atoms with Crippen LogP contribution in [0.3, 0.4) is 0 Å². The zero-order valence-corrected chi connectivity index (χ0v) is 15.8. The lowest BCUT2D eigenvalue weighted by atomic mass is 10.2. The lowest BCUT2D eigenvalue weighted by Gasteiger charge is -2.09. The van der Waals surface area contributed by atoms with Crippen LogP contribution in [0.15, 0.2) is 53.7 Å². The summed E-state index contributed by atoms with van der Waals surface area (Å²) in [7, 11) is 0. The fourth-order valence-corrected chi connectivity index (χ4v) is 3.75. The van der Waals surface area contributed by atoms with E-state index < -0.39 is 0 Å². The minimum atomic E-state index is -0.331. The highest BCUT2D eigenvalue weighted by molar-refractivity contribution is 7.99. The van der Waals surface area contributed by atoms with Crippen LogP contribution < -0.4 is 5.32 Å². The van der Waals surface area contributed by atoms with Crippen LogP contribution >= 0.6 is 23.4 Å². The lowest BCUT2D eigenvalue weighted by Crippen LogP contribution is -2.14. The van der Waals surface area contributed by atoms with Crippen molar-refractivity contribution < 1.29 is 9.18 Å². The summed E-state index contributed by atoms with van der Waals surface area (Å²) < 4.78 is 16.1. The van der Waals surface area contributed by atoms with Gasteiger partial charge in [0.05, 0.1) is 11.3 Å². The van der Waals surface area contributed by atoms with Crippen molar-refractivity contribution in [1.29, 1.82) is 0 Å². The fourth-order valence-electron chi connectivity index (χ4n) is 2.76. The Morgan fingerprint density at radius 2 is 2.04 bits per heavy atom. The minimum Gasteiger partial charge on any atom is -0.325 e. The summed E-state index contributed by atoms with van der Waals surface area (Å²) in [4.78, 5) is 12.2. The molecule has 4 rings (SSSR count). The summed E-state index contributed by atoms with van der Waals surface area (Å²) in [6.45, 7) is 0. The van der Waals surface area contributed by atoms with E-state index in [1.807, 2.05) is 4.57 Å². The second kappa shape index (κ2) is 7.70. The Morgan fingerprint density at radius 3 is 2.78 bits per heavy atom. The van der Waals surface area contributed by atoms with Crippen molar-refractivity contribution in [3.8, 4) is 11.4 Å². The maximum absolute atomic E-state index is 14.2. The van der Waals surface area contributed by atoms with Crippen molar-refractivity contribution in [2.75, 3.05) is 11.1 Å². The summed E-state index contributed by atoms with van der Waals surface area (Å²) in [6.07, 6.45) is 2.00. The van der Waals surface area contributed by atoms with Gasteiger partial charge in [-0.05, 0) is 43.2 Å². The number of aromatic nitrogens is 3. The van der Waals surface area contributed by atoms with Crippen molar-refractivity contribution in [2.45, 2.75) is 24.0 Å². The normalized spacial score (nSPS) is 13.6. The Bertz CT molecular complexity index is 989. The van der Waals surface area contributed by atoms with Gasteiger partial charge in [-0.25, -0.2) is 4.39 Å². The summed E-state index contributed by atoms with van der Waals surface area (Å²) in [5, 5.41) is 12.4. The van der Waals surface area contributed by atoms with E-state index >= 15 is 0 Å². The average molecular weight is 403 g/mol. The average Bonchev–Trinajstić information content (AvgIpc) is 3.40. The van der Waals surface area contributed by atoms with Crippen molar-refractivity contribution in [2.24, 2.45) is 0 Å². The molecule has 0 spiro atoms. The SMILES string of the molecule is O=C(CSc1nnc(-c2ccccc2F)n1C1CC1)Nc1cccc(Cl)c1. The smallest absolute Gasteiger partial charge is 0.234 e. The first-order chi connectivity index (χ1) is 13.1. The van der Waals surface area contributed by atoms with E-state index in [1.165, 1.54) is 17.8 Å². The number of benzene rings is 2. The van der Waals surface area contributed by atoms with Crippen molar-refractivity contribution >= 4 is 35.0 Å². The largest absolute Gasteiger partial charge is 0.325 e. The molecule has 0 aliphatic heterocycles. The third-order valence-electron chi connectivity index (χ3n) is 4.13. The molecule has 3 aromatic rings. The molecule has 1 fully saturated rings. The van der Waals surface area contributed by atoms with Gasteiger partial charge in [0.15, 0.2) is 11.0 Å². The molecule has 1 aromatic heterocycles. The quantitative estimate of drug-likeness (QED) is 0.601. The number of carbonyl (C=O) groups excluding carboxylic acids is 1. The molecule has 0 radical (unpaired) electrons. The van der Waals surface area contributed by atoms with Gasteiger partial charge in [0.1, 0.15) is 5.82 Å². The number of rotatable bonds is 6. The molecule has 27 heavy (non-hydrogen) atoms. The molecule has 0 unspecified atom stereocenters. The number of carbonyl (C=O) groups is 1. The molecule has 0 saturated heterocycles. The molecule has 5 nitrogen and oxygen atoms in total. The van der Waals surface area contributed by atoms with E-state index in [1.54, 1.807) is 42.5 Å². The van der Waals surface area contributed by atoms with Gasteiger partial charge >= 0.3 is 0 Å². The summed E-state index contributed by atoms with van der Waals surface area (Å²) in [6, 6.07) is 13.8. The van der Waals surface area contributed by atoms with Crippen LogP contribution in [-0.2, 0) is 4.79 Å².